The summed E-state index contributed by atoms with van der Waals surface area (Å²) in [5.41, 5.74) is 0.667. The number of rotatable bonds is 5. The predicted molar refractivity (Wildman–Crippen MR) is 93.3 cm³/mol. The van der Waals surface area contributed by atoms with Crippen LogP contribution in [0.2, 0.25) is 5.02 Å². The van der Waals surface area contributed by atoms with Gasteiger partial charge in [-0.3, -0.25) is 9.59 Å². The lowest BCUT2D eigenvalue weighted by atomic mass is 10.0. The molecular formula is C17H19ClFN5O2. The first-order valence-electron chi connectivity index (χ1n) is 8.31. The second-order valence-electron chi connectivity index (χ2n) is 6.69. The van der Waals surface area contributed by atoms with Crippen LogP contribution >= 0.6 is 11.6 Å². The summed E-state index contributed by atoms with van der Waals surface area (Å²) in [5, 5.41) is 13.5. The van der Waals surface area contributed by atoms with E-state index in [-0.39, 0.29) is 34.9 Å². The molecule has 0 fully saturated rings. The molecule has 1 atom stereocenters. The topological polar surface area (TPSA) is 88.9 Å². The van der Waals surface area contributed by atoms with Gasteiger partial charge in [0.25, 0.3) is 11.8 Å². The van der Waals surface area contributed by atoms with Gasteiger partial charge in [0.1, 0.15) is 5.82 Å². The zero-order chi connectivity index (χ0) is 18.8. The third-order valence-electron chi connectivity index (χ3n) is 4.10. The van der Waals surface area contributed by atoms with Crippen molar-refractivity contribution in [3.8, 4) is 0 Å². The van der Waals surface area contributed by atoms with Crippen molar-refractivity contribution in [2.75, 3.05) is 0 Å². The number of carbonyl (C=O) groups excluding carboxylic acids is 2. The maximum atomic E-state index is 13.1. The van der Waals surface area contributed by atoms with E-state index in [1.54, 1.807) is 0 Å². The number of aromatic nitrogens is 3. The SMILES string of the molecule is CC(C)CC1Cn2nnc(C(=O)NCc3ccc(F)cc3Cl)c2C(=O)N1. The van der Waals surface area contributed by atoms with E-state index >= 15 is 0 Å². The van der Waals surface area contributed by atoms with Crippen molar-refractivity contribution >= 4 is 23.4 Å². The third-order valence-corrected chi connectivity index (χ3v) is 4.46. The van der Waals surface area contributed by atoms with E-state index in [0.717, 1.165) is 6.42 Å². The Balaban J connectivity index is 1.72. The number of carbonyl (C=O) groups is 2. The van der Waals surface area contributed by atoms with Gasteiger partial charge in [-0.15, -0.1) is 5.10 Å². The Kier molecular flexibility index (Phi) is 5.22. The number of hydrogen-bond acceptors (Lipinski definition) is 4. The Hall–Kier alpha value is -2.48. The van der Waals surface area contributed by atoms with Crippen LogP contribution in [0.25, 0.3) is 0 Å². The van der Waals surface area contributed by atoms with Crippen LogP contribution in [0.3, 0.4) is 0 Å². The molecule has 3 rings (SSSR count). The van der Waals surface area contributed by atoms with E-state index < -0.39 is 11.7 Å². The summed E-state index contributed by atoms with van der Waals surface area (Å²) in [6.45, 7) is 4.70. The van der Waals surface area contributed by atoms with Gasteiger partial charge in [0.15, 0.2) is 11.4 Å². The highest BCUT2D eigenvalue weighted by Crippen LogP contribution is 2.18. The highest BCUT2D eigenvalue weighted by atomic mass is 35.5. The van der Waals surface area contributed by atoms with Crippen LogP contribution in [0.5, 0.6) is 0 Å². The summed E-state index contributed by atoms with van der Waals surface area (Å²) in [6.07, 6.45) is 0.815. The average Bonchev–Trinajstić information content (AvgIpc) is 2.97. The molecule has 26 heavy (non-hydrogen) atoms. The molecule has 0 bridgehead atoms. The summed E-state index contributed by atoms with van der Waals surface area (Å²) in [6, 6.07) is 3.88. The number of amides is 2. The van der Waals surface area contributed by atoms with Gasteiger partial charge in [-0.2, -0.15) is 0 Å². The monoisotopic (exact) mass is 379 g/mol. The van der Waals surface area contributed by atoms with E-state index in [0.29, 0.717) is 18.0 Å². The van der Waals surface area contributed by atoms with E-state index in [9.17, 15) is 14.0 Å². The minimum atomic E-state index is -0.538. The lowest BCUT2D eigenvalue weighted by Gasteiger charge is -2.25. The fourth-order valence-electron chi connectivity index (χ4n) is 2.95. The van der Waals surface area contributed by atoms with E-state index in [2.05, 4.69) is 34.8 Å². The highest BCUT2D eigenvalue weighted by Gasteiger charge is 2.32. The predicted octanol–water partition coefficient (Wildman–Crippen LogP) is 2.16. The van der Waals surface area contributed by atoms with Gasteiger partial charge < -0.3 is 10.6 Å². The number of benzene rings is 1. The van der Waals surface area contributed by atoms with Gasteiger partial charge in [0, 0.05) is 17.6 Å². The van der Waals surface area contributed by atoms with Crippen molar-refractivity contribution in [3.63, 3.8) is 0 Å². The van der Waals surface area contributed by atoms with Gasteiger partial charge in [0.2, 0.25) is 0 Å². The first kappa shape index (κ1) is 18.3. The molecule has 138 valence electrons. The molecule has 1 aromatic carbocycles. The van der Waals surface area contributed by atoms with Gasteiger partial charge in [-0.05, 0) is 30.0 Å². The van der Waals surface area contributed by atoms with Crippen LogP contribution in [0.1, 0.15) is 46.8 Å². The standard InChI is InChI=1S/C17H19ClFN5O2/c1-9(2)5-12-8-24-15(17(26)21-12)14(22-23-24)16(25)20-7-10-3-4-11(19)6-13(10)18/h3-4,6,9,12H,5,7-8H2,1-2H3,(H,20,25)(H,21,26). The van der Waals surface area contributed by atoms with E-state index in [1.807, 2.05) is 0 Å². The molecule has 7 nitrogen and oxygen atoms in total. The molecule has 0 aliphatic carbocycles. The lowest BCUT2D eigenvalue weighted by Crippen LogP contribution is -2.46. The minimum absolute atomic E-state index is 0.0365. The molecule has 1 aromatic heterocycles. The Morgan fingerprint density at radius 1 is 1.50 bits per heavy atom. The molecule has 1 unspecified atom stereocenters. The van der Waals surface area contributed by atoms with Crippen LogP contribution in [0.15, 0.2) is 18.2 Å². The zero-order valence-electron chi connectivity index (χ0n) is 14.4. The lowest BCUT2D eigenvalue weighted by molar-refractivity contribution is 0.0870. The molecule has 1 aliphatic heterocycles. The summed E-state index contributed by atoms with van der Waals surface area (Å²) in [5.74, 6) is -0.931. The van der Waals surface area contributed by atoms with Crippen molar-refractivity contribution in [1.82, 2.24) is 25.6 Å². The molecule has 9 heteroatoms. The van der Waals surface area contributed by atoms with Crippen molar-refractivity contribution < 1.29 is 14.0 Å². The number of nitrogens with zero attached hydrogens (tertiary/aromatic N) is 3. The fraction of sp³-hybridized carbons (Fsp3) is 0.412. The van der Waals surface area contributed by atoms with E-state index in [4.69, 9.17) is 11.6 Å². The Morgan fingerprint density at radius 2 is 2.27 bits per heavy atom. The van der Waals surface area contributed by atoms with E-state index in [1.165, 1.54) is 22.9 Å². The molecule has 2 amide bonds. The zero-order valence-corrected chi connectivity index (χ0v) is 15.2. The highest BCUT2D eigenvalue weighted by molar-refractivity contribution is 6.31. The van der Waals surface area contributed by atoms with Crippen molar-refractivity contribution in [2.24, 2.45) is 5.92 Å². The van der Waals surface area contributed by atoms with Crippen molar-refractivity contribution in [2.45, 2.75) is 39.4 Å². The van der Waals surface area contributed by atoms with Crippen LogP contribution < -0.4 is 10.6 Å². The molecular weight excluding hydrogens is 361 g/mol. The van der Waals surface area contributed by atoms with Crippen molar-refractivity contribution in [1.29, 1.82) is 0 Å². The number of nitrogens with one attached hydrogen (secondary N) is 2. The number of halogens is 2. The molecule has 1 aliphatic rings. The quantitative estimate of drug-likeness (QED) is 0.833. The second kappa shape index (κ2) is 7.41. The molecule has 2 aromatic rings. The van der Waals surface area contributed by atoms with Gasteiger partial charge in [-0.25, -0.2) is 9.07 Å². The Bertz CT molecular complexity index is 852. The summed E-state index contributed by atoms with van der Waals surface area (Å²) < 4.78 is 14.5. The molecule has 0 radical (unpaired) electrons. The first-order chi connectivity index (χ1) is 12.3. The third kappa shape index (κ3) is 3.85. The van der Waals surface area contributed by atoms with Gasteiger partial charge in [0.05, 0.1) is 6.54 Å². The Morgan fingerprint density at radius 3 is 2.96 bits per heavy atom. The van der Waals surface area contributed by atoms with Crippen LogP contribution in [-0.4, -0.2) is 32.9 Å². The maximum Gasteiger partial charge on any atom is 0.274 e. The smallest absolute Gasteiger partial charge is 0.274 e. The van der Waals surface area contributed by atoms with Gasteiger partial charge in [-0.1, -0.05) is 36.7 Å². The average molecular weight is 380 g/mol. The van der Waals surface area contributed by atoms with Crippen LogP contribution in [-0.2, 0) is 13.1 Å². The summed E-state index contributed by atoms with van der Waals surface area (Å²) in [7, 11) is 0. The molecule has 2 heterocycles. The van der Waals surface area contributed by atoms with Gasteiger partial charge >= 0.3 is 0 Å². The largest absolute Gasteiger partial charge is 0.346 e. The minimum Gasteiger partial charge on any atom is -0.346 e. The summed E-state index contributed by atoms with van der Waals surface area (Å²) >= 11 is 5.95. The first-order valence-corrected chi connectivity index (χ1v) is 8.69. The van der Waals surface area contributed by atoms with Crippen LogP contribution in [0.4, 0.5) is 4.39 Å². The molecule has 2 N–H and O–H groups in total. The molecule has 0 spiro atoms. The maximum absolute atomic E-state index is 13.1. The second-order valence-corrected chi connectivity index (χ2v) is 7.09. The summed E-state index contributed by atoms with van der Waals surface area (Å²) in [4.78, 5) is 24.8. The van der Waals surface area contributed by atoms with Crippen LogP contribution in [0, 0.1) is 11.7 Å². The van der Waals surface area contributed by atoms with Crippen molar-refractivity contribution in [3.05, 3.63) is 46.0 Å². The fourth-order valence-corrected chi connectivity index (χ4v) is 3.19. The number of hydrogen-bond donors (Lipinski definition) is 2. The normalized spacial score (nSPS) is 16.3. The molecule has 0 saturated heterocycles. The molecule has 0 saturated carbocycles. The number of fused-ring (bicyclic) bond motifs is 1. The Labute approximate surface area is 154 Å².